The van der Waals surface area contributed by atoms with Crippen LogP contribution in [0.4, 0.5) is 4.39 Å². The van der Waals surface area contributed by atoms with Gasteiger partial charge in [0, 0.05) is 26.2 Å². The van der Waals surface area contributed by atoms with Crippen LogP contribution in [0, 0.1) is 0 Å². The van der Waals surface area contributed by atoms with Gasteiger partial charge in [0.15, 0.2) is 5.83 Å². The summed E-state index contributed by atoms with van der Waals surface area (Å²) in [5.41, 5.74) is 0. The molecule has 0 aliphatic carbocycles. The van der Waals surface area contributed by atoms with Crippen LogP contribution in [-0.2, 0) is 4.79 Å². The topological polar surface area (TPSA) is 23.6 Å². The predicted molar refractivity (Wildman–Crippen MR) is 58.2 cm³/mol. The van der Waals surface area contributed by atoms with Gasteiger partial charge in [-0.3, -0.25) is 9.69 Å². The smallest absolute Gasteiger partial charge is 0.282 e. The van der Waals surface area contributed by atoms with E-state index in [4.69, 9.17) is 0 Å². The second-order valence-electron chi connectivity index (χ2n) is 3.89. The van der Waals surface area contributed by atoms with E-state index in [0.29, 0.717) is 13.1 Å². The van der Waals surface area contributed by atoms with Crippen LogP contribution in [0.25, 0.3) is 0 Å². The minimum Gasteiger partial charge on any atom is -0.334 e. The molecule has 0 radical (unpaired) electrons. The van der Waals surface area contributed by atoms with Gasteiger partial charge in [-0.15, -0.1) is 0 Å². The Kier molecular flexibility index (Phi) is 4.75. The first kappa shape index (κ1) is 12.2. The summed E-state index contributed by atoms with van der Waals surface area (Å²) < 4.78 is 12.6. The predicted octanol–water partition coefficient (Wildman–Crippen LogP) is 1.41. The van der Waals surface area contributed by atoms with Crippen molar-refractivity contribution in [3.8, 4) is 0 Å². The van der Waals surface area contributed by atoms with Crippen molar-refractivity contribution >= 4 is 5.91 Å². The van der Waals surface area contributed by atoms with Crippen LogP contribution in [0.2, 0.25) is 0 Å². The highest BCUT2D eigenvalue weighted by Crippen LogP contribution is 2.07. The maximum absolute atomic E-state index is 12.6. The number of amides is 1. The molecule has 1 heterocycles. The highest BCUT2D eigenvalue weighted by Gasteiger charge is 2.22. The van der Waals surface area contributed by atoms with Crippen molar-refractivity contribution in [2.45, 2.75) is 19.8 Å². The number of unbranched alkanes of at least 4 members (excludes halogenated alkanes) is 1. The number of carbonyl (C=O) groups excluding carboxylic acids is 1. The fraction of sp³-hybridized carbons (Fsp3) is 0.727. The second-order valence-corrected chi connectivity index (χ2v) is 3.89. The fourth-order valence-corrected chi connectivity index (χ4v) is 1.73. The molecular weight excluding hydrogens is 195 g/mol. The highest BCUT2D eigenvalue weighted by atomic mass is 19.1. The molecule has 3 nitrogen and oxygen atoms in total. The summed E-state index contributed by atoms with van der Waals surface area (Å²) in [5.74, 6) is -1.40. The molecule has 1 amide bonds. The van der Waals surface area contributed by atoms with Crippen molar-refractivity contribution in [2.75, 3.05) is 32.7 Å². The van der Waals surface area contributed by atoms with Crippen LogP contribution in [-0.4, -0.2) is 48.4 Å². The van der Waals surface area contributed by atoms with Crippen LogP contribution in [0.3, 0.4) is 0 Å². The molecule has 0 saturated carbocycles. The molecule has 0 unspecified atom stereocenters. The summed E-state index contributed by atoms with van der Waals surface area (Å²) in [6.07, 6.45) is 2.37. The molecule has 15 heavy (non-hydrogen) atoms. The van der Waals surface area contributed by atoms with E-state index in [9.17, 15) is 9.18 Å². The molecule has 4 heteroatoms. The third-order valence-corrected chi connectivity index (χ3v) is 2.72. The largest absolute Gasteiger partial charge is 0.334 e. The SMILES string of the molecule is C=C(F)C(=O)N1CCN(CCCC)CC1. The monoisotopic (exact) mass is 214 g/mol. The molecule has 0 spiro atoms. The standard InChI is InChI=1S/C11H19FN2O/c1-3-4-5-13-6-8-14(9-7-13)11(15)10(2)12/h2-9H2,1H3. The molecule has 0 atom stereocenters. The Balaban J connectivity index is 2.29. The van der Waals surface area contributed by atoms with Crippen molar-refractivity contribution in [3.05, 3.63) is 12.4 Å². The molecule has 0 N–H and O–H groups in total. The second kappa shape index (κ2) is 5.85. The lowest BCUT2D eigenvalue weighted by Crippen LogP contribution is -2.48. The van der Waals surface area contributed by atoms with Crippen LogP contribution < -0.4 is 0 Å². The normalized spacial score (nSPS) is 17.9. The van der Waals surface area contributed by atoms with Gasteiger partial charge in [0.25, 0.3) is 5.91 Å². The minimum atomic E-state index is -0.850. The minimum absolute atomic E-state index is 0.551. The summed E-state index contributed by atoms with van der Waals surface area (Å²) in [4.78, 5) is 15.1. The van der Waals surface area contributed by atoms with E-state index in [0.717, 1.165) is 19.6 Å². The molecule has 0 aromatic rings. The van der Waals surface area contributed by atoms with Crippen LogP contribution in [0.1, 0.15) is 19.8 Å². The molecule has 0 aromatic carbocycles. The maximum Gasteiger partial charge on any atom is 0.282 e. The lowest BCUT2D eigenvalue weighted by Gasteiger charge is -2.34. The van der Waals surface area contributed by atoms with Crippen molar-refractivity contribution in [2.24, 2.45) is 0 Å². The zero-order valence-corrected chi connectivity index (χ0v) is 9.34. The Bertz CT molecular complexity index is 235. The van der Waals surface area contributed by atoms with E-state index in [1.807, 2.05) is 0 Å². The number of hydrogen-bond donors (Lipinski definition) is 0. The summed E-state index contributed by atoms with van der Waals surface area (Å²) in [6, 6.07) is 0. The quantitative estimate of drug-likeness (QED) is 0.661. The zero-order valence-electron chi connectivity index (χ0n) is 9.34. The first-order chi connectivity index (χ1) is 7.15. The van der Waals surface area contributed by atoms with E-state index in [1.54, 1.807) is 0 Å². The number of nitrogens with zero attached hydrogens (tertiary/aromatic N) is 2. The number of hydrogen-bond acceptors (Lipinski definition) is 2. The third kappa shape index (κ3) is 3.63. The van der Waals surface area contributed by atoms with Gasteiger partial charge in [-0.05, 0) is 13.0 Å². The van der Waals surface area contributed by atoms with Gasteiger partial charge in [0.2, 0.25) is 0 Å². The van der Waals surface area contributed by atoms with Crippen LogP contribution in [0.5, 0.6) is 0 Å². The van der Waals surface area contributed by atoms with E-state index in [1.165, 1.54) is 17.7 Å². The molecule has 1 aliphatic heterocycles. The van der Waals surface area contributed by atoms with Crippen molar-refractivity contribution in [1.82, 2.24) is 9.80 Å². The average Bonchev–Trinajstić information content (AvgIpc) is 2.26. The molecular formula is C11H19FN2O. The van der Waals surface area contributed by atoms with E-state index in [-0.39, 0.29) is 0 Å². The molecule has 1 aliphatic rings. The average molecular weight is 214 g/mol. The Morgan fingerprint density at radius 1 is 1.33 bits per heavy atom. The van der Waals surface area contributed by atoms with Gasteiger partial charge in [0.1, 0.15) is 0 Å². The molecule has 1 fully saturated rings. The Labute approximate surface area is 90.5 Å². The first-order valence-electron chi connectivity index (χ1n) is 5.51. The van der Waals surface area contributed by atoms with Crippen molar-refractivity contribution < 1.29 is 9.18 Å². The molecule has 0 aromatic heterocycles. The number of piperazine rings is 1. The third-order valence-electron chi connectivity index (χ3n) is 2.72. The van der Waals surface area contributed by atoms with Gasteiger partial charge in [-0.25, -0.2) is 4.39 Å². The van der Waals surface area contributed by atoms with Crippen LogP contribution in [0.15, 0.2) is 12.4 Å². The first-order valence-corrected chi connectivity index (χ1v) is 5.51. The van der Waals surface area contributed by atoms with Crippen molar-refractivity contribution in [1.29, 1.82) is 0 Å². The number of rotatable bonds is 4. The Hall–Kier alpha value is -0.900. The molecule has 1 rings (SSSR count). The Morgan fingerprint density at radius 3 is 2.40 bits per heavy atom. The van der Waals surface area contributed by atoms with Gasteiger partial charge in [0.05, 0.1) is 0 Å². The Morgan fingerprint density at radius 2 is 1.93 bits per heavy atom. The maximum atomic E-state index is 12.6. The van der Waals surface area contributed by atoms with Gasteiger partial charge < -0.3 is 4.90 Å². The summed E-state index contributed by atoms with van der Waals surface area (Å²) in [5, 5.41) is 0. The molecule has 86 valence electrons. The fourth-order valence-electron chi connectivity index (χ4n) is 1.73. The van der Waals surface area contributed by atoms with Crippen LogP contribution >= 0.6 is 0 Å². The number of halogens is 1. The number of carbonyl (C=O) groups is 1. The van der Waals surface area contributed by atoms with E-state index >= 15 is 0 Å². The van der Waals surface area contributed by atoms with Gasteiger partial charge >= 0.3 is 0 Å². The van der Waals surface area contributed by atoms with E-state index < -0.39 is 11.7 Å². The highest BCUT2D eigenvalue weighted by molar-refractivity contribution is 5.90. The molecule has 0 bridgehead atoms. The zero-order chi connectivity index (χ0) is 11.3. The summed E-state index contributed by atoms with van der Waals surface area (Å²) in [6.45, 7) is 9.19. The van der Waals surface area contributed by atoms with Gasteiger partial charge in [-0.1, -0.05) is 19.9 Å². The summed E-state index contributed by atoms with van der Waals surface area (Å²) in [7, 11) is 0. The molecule has 1 saturated heterocycles. The van der Waals surface area contributed by atoms with Gasteiger partial charge in [-0.2, -0.15) is 0 Å². The summed E-state index contributed by atoms with van der Waals surface area (Å²) >= 11 is 0. The van der Waals surface area contributed by atoms with E-state index in [2.05, 4.69) is 18.4 Å². The van der Waals surface area contributed by atoms with Crippen molar-refractivity contribution in [3.63, 3.8) is 0 Å². The lowest BCUT2D eigenvalue weighted by atomic mass is 10.2. The lowest BCUT2D eigenvalue weighted by molar-refractivity contribution is -0.130.